The fourth-order valence-corrected chi connectivity index (χ4v) is 2.05. The van der Waals surface area contributed by atoms with E-state index in [1.807, 2.05) is 44.2 Å². The molecule has 6 heteroatoms. The maximum absolute atomic E-state index is 12.1. The molecule has 0 spiro atoms. The van der Waals surface area contributed by atoms with E-state index in [0.29, 0.717) is 5.82 Å². The van der Waals surface area contributed by atoms with Crippen LogP contribution in [0.2, 0.25) is 0 Å². The average molecular weight is 327 g/mol. The van der Waals surface area contributed by atoms with E-state index in [-0.39, 0.29) is 6.04 Å². The number of carbonyl (C=O) groups is 2. The largest absolute Gasteiger partial charge is 0.449 e. The zero-order chi connectivity index (χ0) is 17.5. The molecule has 126 valence electrons. The number of esters is 1. The van der Waals surface area contributed by atoms with Gasteiger partial charge >= 0.3 is 5.97 Å². The molecule has 1 aromatic carbocycles. The van der Waals surface area contributed by atoms with Crippen LogP contribution in [-0.2, 0) is 14.3 Å². The molecular weight excluding hydrogens is 306 g/mol. The summed E-state index contributed by atoms with van der Waals surface area (Å²) in [4.78, 5) is 23.9. The van der Waals surface area contributed by atoms with Crippen LogP contribution in [0.5, 0.6) is 0 Å². The van der Waals surface area contributed by atoms with E-state index in [1.54, 1.807) is 23.0 Å². The minimum Gasteiger partial charge on any atom is -0.449 e. The molecule has 1 aromatic heterocycles. The summed E-state index contributed by atoms with van der Waals surface area (Å²) in [5.74, 6) is -0.407. The first-order chi connectivity index (χ1) is 11.5. The fourth-order valence-electron chi connectivity index (χ4n) is 2.05. The summed E-state index contributed by atoms with van der Waals surface area (Å²) in [6.45, 7) is 5.45. The van der Waals surface area contributed by atoms with Crippen LogP contribution in [0.1, 0.15) is 32.4 Å². The summed E-state index contributed by atoms with van der Waals surface area (Å²) in [5.41, 5.74) is 0.882. The highest BCUT2D eigenvalue weighted by molar-refractivity contribution is 5.96. The van der Waals surface area contributed by atoms with Crippen LogP contribution in [0.3, 0.4) is 0 Å². The molecule has 1 N–H and O–H groups in total. The number of anilines is 1. The Hall–Kier alpha value is -2.89. The van der Waals surface area contributed by atoms with E-state index in [0.717, 1.165) is 5.56 Å². The molecule has 0 radical (unpaired) electrons. The zero-order valence-corrected chi connectivity index (χ0v) is 14.0. The van der Waals surface area contributed by atoms with Crippen LogP contribution in [0, 0.1) is 0 Å². The van der Waals surface area contributed by atoms with Crippen molar-refractivity contribution >= 4 is 23.8 Å². The number of amides is 1. The van der Waals surface area contributed by atoms with Gasteiger partial charge in [-0.15, -0.1) is 0 Å². The van der Waals surface area contributed by atoms with Crippen LogP contribution in [0.4, 0.5) is 5.82 Å². The van der Waals surface area contributed by atoms with E-state index < -0.39 is 18.0 Å². The summed E-state index contributed by atoms with van der Waals surface area (Å²) in [6.07, 6.45) is 3.64. The summed E-state index contributed by atoms with van der Waals surface area (Å²) >= 11 is 0. The maximum atomic E-state index is 12.1. The smallest absolute Gasteiger partial charge is 0.331 e. The molecule has 0 saturated carbocycles. The Labute approximate surface area is 141 Å². The molecule has 1 atom stereocenters. The van der Waals surface area contributed by atoms with Gasteiger partial charge in [-0.05, 0) is 32.4 Å². The minimum absolute atomic E-state index is 0.113. The molecule has 0 fully saturated rings. The number of nitrogens with zero attached hydrogens (tertiary/aromatic N) is 2. The van der Waals surface area contributed by atoms with Gasteiger partial charge in [0.1, 0.15) is 5.82 Å². The summed E-state index contributed by atoms with van der Waals surface area (Å²) < 4.78 is 6.80. The predicted molar refractivity (Wildman–Crippen MR) is 92.3 cm³/mol. The molecule has 2 rings (SSSR count). The fraction of sp³-hybridized carbons (Fsp3) is 0.278. The lowest BCUT2D eigenvalue weighted by Gasteiger charge is -2.15. The highest BCUT2D eigenvalue weighted by atomic mass is 16.5. The molecule has 1 amide bonds. The van der Waals surface area contributed by atoms with Crippen LogP contribution in [-0.4, -0.2) is 27.8 Å². The van der Waals surface area contributed by atoms with E-state index in [4.69, 9.17) is 4.74 Å². The molecule has 2 aromatic rings. The maximum Gasteiger partial charge on any atom is 0.331 e. The molecule has 0 aliphatic rings. The lowest BCUT2D eigenvalue weighted by molar-refractivity contribution is -0.148. The quantitative estimate of drug-likeness (QED) is 0.654. The third-order valence-corrected chi connectivity index (χ3v) is 3.28. The van der Waals surface area contributed by atoms with Crippen LogP contribution in [0.25, 0.3) is 6.08 Å². The lowest BCUT2D eigenvalue weighted by Crippen LogP contribution is -2.30. The highest BCUT2D eigenvalue weighted by Crippen LogP contribution is 2.13. The summed E-state index contributed by atoms with van der Waals surface area (Å²) in [5, 5.41) is 6.85. The van der Waals surface area contributed by atoms with Gasteiger partial charge in [0.25, 0.3) is 5.91 Å². The number of ether oxygens (including phenoxy) is 1. The average Bonchev–Trinajstić information content (AvgIpc) is 3.02. The zero-order valence-electron chi connectivity index (χ0n) is 14.0. The second kappa shape index (κ2) is 8.10. The molecule has 0 bridgehead atoms. The lowest BCUT2D eigenvalue weighted by atomic mass is 10.2. The number of hydrogen-bond donors (Lipinski definition) is 1. The van der Waals surface area contributed by atoms with Gasteiger partial charge in [-0.3, -0.25) is 4.79 Å². The first-order valence-electron chi connectivity index (χ1n) is 7.75. The number of nitrogens with one attached hydrogen (secondary N) is 1. The molecule has 6 nitrogen and oxygen atoms in total. The van der Waals surface area contributed by atoms with Crippen LogP contribution in [0.15, 0.2) is 48.7 Å². The summed E-state index contributed by atoms with van der Waals surface area (Å²) in [7, 11) is 0. The third-order valence-electron chi connectivity index (χ3n) is 3.28. The standard InChI is InChI=1S/C18H21N3O3/c1-13(2)21-16(11-12-19-21)20-18(23)14(3)24-17(22)10-9-15-7-5-4-6-8-15/h4-14H,1-3H3,(H,20,23)/b10-9+/t14-/m1/s1. The van der Waals surface area contributed by atoms with Gasteiger partial charge in [0, 0.05) is 18.2 Å². The monoisotopic (exact) mass is 327 g/mol. The Morgan fingerprint density at radius 2 is 1.88 bits per heavy atom. The Bertz CT molecular complexity index is 720. The van der Waals surface area contributed by atoms with Crippen molar-refractivity contribution in [2.75, 3.05) is 5.32 Å². The number of carbonyl (C=O) groups excluding carboxylic acids is 2. The SMILES string of the molecule is CC(C)n1nccc1NC(=O)[C@@H](C)OC(=O)/C=C/c1ccccc1. The van der Waals surface area contributed by atoms with Gasteiger partial charge in [-0.25, -0.2) is 9.48 Å². The van der Waals surface area contributed by atoms with Crippen molar-refractivity contribution in [3.05, 3.63) is 54.2 Å². The Kier molecular flexibility index (Phi) is 5.89. The second-order valence-corrected chi connectivity index (χ2v) is 5.57. The summed E-state index contributed by atoms with van der Waals surface area (Å²) in [6, 6.07) is 11.2. The van der Waals surface area contributed by atoms with E-state index in [2.05, 4.69) is 10.4 Å². The molecular formula is C18H21N3O3. The molecule has 0 aliphatic carbocycles. The third kappa shape index (κ3) is 4.81. The van der Waals surface area contributed by atoms with E-state index in [1.165, 1.54) is 13.0 Å². The number of aromatic nitrogens is 2. The second-order valence-electron chi connectivity index (χ2n) is 5.57. The van der Waals surface area contributed by atoms with Crippen molar-refractivity contribution in [1.29, 1.82) is 0 Å². The van der Waals surface area contributed by atoms with Crippen molar-refractivity contribution in [2.24, 2.45) is 0 Å². The van der Waals surface area contributed by atoms with Crippen molar-refractivity contribution < 1.29 is 14.3 Å². The van der Waals surface area contributed by atoms with Crippen molar-refractivity contribution in [1.82, 2.24) is 9.78 Å². The van der Waals surface area contributed by atoms with Gasteiger partial charge in [0.05, 0.1) is 6.20 Å². The van der Waals surface area contributed by atoms with Crippen molar-refractivity contribution in [3.63, 3.8) is 0 Å². The highest BCUT2D eigenvalue weighted by Gasteiger charge is 2.18. The first-order valence-corrected chi connectivity index (χ1v) is 7.75. The van der Waals surface area contributed by atoms with Crippen LogP contribution < -0.4 is 5.32 Å². The van der Waals surface area contributed by atoms with Gasteiger partial charge in [0.15, 0.2) is 6.10 Å². The Morgan fingerprint density at radius 1 is 1.17 bits per heavy atom. The van der Waals surface area contributed by atoms with Gasteiger partial charge in [-0.2, -0.15) is 5.10 Å². The Morgan fingerprint density at radius 3 is 2.54 bits per heavy atom. The first kappa shape index (κ1) is 17.5. The van der Waals surface area contributed by atoms with E-state index >= 15 is 0 Å². The topological polar surface area (TPSA) is 73.2 Å². The molecule has 1 heterocycles. The predicted octanol–water partition coefficient (Wildman–Crippen LogP) is 3.05. The van der Waals surface area contributed by atoms with Gasteiger partial charge in [0.2, 0.25) is 0 Å². The number of benzene rings is 1. The molecule has 0 unspecified atom stereocenters. The van der Waals surface area contributed by atoms with E-state index in [9.17, 15) is 9.59 Å². The number of hydrogen-bond acceptors (Lipinski definition) is 4. The minimum atomic E-state index is -0.909. The molecule has 24 heavy (non-hydrogen) atoms. The van der Waals surface area contributed by atoms with Gasteiger partial charge in [-0.1, -0.05) is 30.3 Å². The number of rotatable bonds is 6. The molecule has 0 aliphatic heterocycles. The Balaban J connectivity index is 1.90. The van der Waals surface area contributed by atoms with Crippen LogP contribution >= 0.6 is 0 Å². The van der Waals surface area contributed by atoms with Gasteiger partial charge < -0.3 is 10.1 Å². The normalized spacial score (nSPS) is 12.3. The molecule has 0 saturated heterocycles. The van der Waals surface area contributed by atoms with Crippen molar-refractivity contribution in [3.8, 4) is 0 Å². The van der Waals surface area contributed by atoms with Crippen molar-refractivity contribution in [2.45, 2.75) is 32.9 Å².